The third-order valence-electron chi connectivity index (χ3n) is 4.47. The molecule has 4 heteroatoms. The molecular weight excluding hydrogens is 256 g/mol. The van der Waals surface area contributed by atoms with Crippen molar-refractivity contribution in [2.45, 2.75) is 72.3 Å². The summed E-state index contributed by atoms with van der Waals surface area (Å²) < 4.78 is 10.6. The molecule has 20 heavy (non-hydrogen) atoms. The van der Waals surface area contributed by atoms with Crippen molar-refractivity contribution in [3.63, 3.8) is 0 Å². The van der Waals surface area contributed by atoms with Gasteiger partial charge in [-0.3, -0.25) is 4.79 Å². The van der Waals surface area contributed by atoms with Gasteiger partial charge in [-0.2, -0.15) is 0 Å². The van der Waals surface area contributed by atoms with Gasteiger partial charge in [-0.25, -0.2) is 4.79 Å². The van der Waals surface area contributed by atoms with Gasteiger partial charge in [0.15, 0.2) is 6.61 Å². The van der Waals surface area contributed by atoms with Crippen molar-refractivity contribution in [2.24, 2.45) is 11.3 Å². The van der Waals surface area contributed by atoms with Gasteiger partial charge in [0.2, 0.25) is 0 Å². The average molecular weight is 284 g/mol. The largest absolute Gasteiger partial charge is 0.457 e. The van der Waals surface area contributed by atoms with E-state index in [2.05, 4.69) is 0 Å². The summed E-state index contributed by atoms with van der Waals surface area (Å²) >= 11 is 0. The van der Waals surface area contributed by atoms with Crippen molar-refractivity contribution in [3.05, 3.63) is 0 Å². The first kappa shape index (κ1) is 17.0. The minimum Gasteiger partial charge on any atom is -0.457 e. The predicted octanol–water partition coefficient (Wildman–Crippen LogP) is 3.48. The van der Waals surface area contributed by atoms with E-state index in [9.17, 15) is 9.59 Å². The SMILES string of the molecule is CCC(C)(C)C(=O)OCC(=O)OC(C)(C)C1CCCC1. The second-order valence-electron chi connectivity index (χ2n) is 6.87. The molecule has 0 heterocycles. The lowest BCUT2D eigenvalue weighted by atomic mass is 9.89. The van der Waals surface area contributed by atoms with Crippen molar-refractivity contribution < 1.29 is 19.1 Å². The minimum absolute atomic E-state index is 0.293. The fourth-order valence-corrected chi connectivity index (χ4v) is 2.49. The first-order valence-corrected chi connectivity index (χ1v) is 7.58. The lowest BCUT2D eigenvalue weighted by Crippen LogP contribution is -2.37. The lowest BCUT2D eigenvalue weighted by Gasteiger charge is -2.31. The Hall–Kier alpha value is -1.06. The summed E-state index contributed by atoms with van der Waals surface area (Å²) in [5.41, 5.74) is -1.03. The molecule has 0 spiro atoms. The number of hydrogen-bond donors (Lipinski definition) is 0. The molecule has 1 aliphatic rings. The van der Waals surface area contributed by atoms with E-state index in [-0.39, 0.29) is 12.6 Å². The molecule has 0 aromatic heterocycles. The first-order valence-electron chi connectivity index (χ1n) is 7.58. The Bertz CT molecular complexity index is 351. The molecule has 1 rings (SSSR count). The second kappa shape index (κ2) is 6.59. The molecule has 0 aliphatic heterocycles. The molecule has 0 aromatic rings. The zero-order valence-corrected chi connectivity index (χ0v) is 13.5. The Morgan fingerprint density at radius 1 is 1.10 bits per heavy atom. The van der Waals surface area contributed by atoms with E-state index in [1.807, 2.05) is 34.6 Å². The summed E-state index contributed by atoms with van der Waals surface area (Å²) in [4.78, 5) is 23.6. The van der Waals surface area contributed by atoms with Gasteiger partial charge in [0.05, 0.1) is 5.41 Å². The van der Waals surface area contributed by atoms with Gasteiger partial charge >= 0.3 is 11.9 Å². The molecule has 0 radical (unpaired) electrons. The van der Waals surface area contributed by atoms with Crippen LogP contribution < -0.4 is 0 Å². The third kappa shape index (κ3) is 4.50. The summed E-state index contributed by atoms with van der Waals surface area (Å²) in [6.07, 6.45) is 5.27. The van der Waals surface area contributed by atoms with Crippen molar-refractivity contribution >= 4 is 11.9 Å². The summed E-state index contributed by atoms with van der Waals surface area (Å²) in [5.74, 6) is -0.396. The highest BCUT2D eigenvalue weighted by molar-refractivity contribution is 5.79. The van der Waals surface area contributed by atoms with E-state index in [0.29, 0.717) is 12.3 Å². The van der Waals surface area contributed by atoms with E-state index in [1.54, 1.807) is 0 Å². The molecule has 0 N–H and O–H groups in total. The summed E-state index contributed by atoms with van der Waals surface area (Å²) in [6.45, 7) is 9.13. The zero-order chi connectivity index (χ0) is 15.4. The van der Waals surface area contributed by atoms with Gasteiger partial charge in [-0.05, 0) is 52.9 Å². The van der Waals surface area contributed by atoms with Crippen LogP contribution in [0.2, 0.25) is 0 Å². The number of carbonyl (C=O) groups is 2. The van der Waals surface area contributed by atoms with Crippen LogP contribution in [-0.2, 0) is 19.1 Å². The number of esters is 2. The van der Waals surface area contributed by atoms with Gasteiger partial charge in [0.25, 0.3) is 0 Å². The second-order valence-corrected chi connectivity index (χ2v) is 6.87. The maximum absolute atomic E-state index is 11.8. The average Bonchev–Trinajstić information content (AvgIpc) is 2.89. The van der Waals surface area contributed by atoms with Crippen LogP contribution >= 0.6 is 0 Å². The summed E-state index contributed by atoms with van der Waals surface area (Å²) in [6, 6.07) is 0. The smallest absolute Gasteiger partial charge is 0.344 e. The summed E-state index contributed by atoms with van der Waals surface area (Å²) in [5, 5.41) is 0. The van der Waals surface area contributed by atoms with Crippen molar-refractivity contribution in [3.8, 4) is 0 Å². The van der Waals surface area contributed by atoms with E-state index >= 15 is 0 Å². The summed E-state index contributed by atoms with van der Waals surface area (Å²) in [7, 11) is 0. The molecule has 0 aromatic carbocycles. The fourth-order valence-electron chi connectivity index (χ4n) is 2.49. The van der Waals surface area contributed by atoms with Gasteiger partial charge in [0, 0.05) is 0 Å². The maximum Gasteiger partial charge on any atom is 0.344 e. The molecule has 1 saturated carbocycles. The predicted molar refractivity (Wildman–Crippen MR) is 77.2 cm³/mol. The van der Waals surface area contributed by atoms with Gasteiger partial charge in [0.1, 0.15) is 5.60 Å². The monoisotopic (exact) mass is 284 g/mol. The quantitative estimate of drug-likeness (QED) is 0.701. The Labute approximate surface area is 122 Å². The lowest BCUT2D eigenvalue weighted by molar-refractivity contribution is -0.174. The molecule has 4 nitrogen and oxygen atoms in total. The molecule has 1 fully saturated rings. The van der Waals surface area contributed by atoms with Crippen molar-refractivity contribution in [1.29, 1.82) is 0 Å². The standard InChI is InChI=1S/C16H28O4/c1-6-15(2,3)14(18)19-11-13(17)20-16(4,5)12-9-7-8-10-12/h12H,6-11H2,1-5H3. The maximum atomic E-state index is 11.8. The van der Waals surface area contributed by atoms with Gasteiger partial charge in [-0.1, -0.05) is 19.8 Å². The number of ether oxygens (including phenoxy) is 2. The molecule has 1 aliphatic carbocycles. The van der Waals surface area contributed by atoms with Crippen LogP contribution in [0.3, 0.4) is 0 Å². The number of hydrogen-bond acceptors (Lipinski definition) is 4. The van der Waals surface area contributed by atoms with E-state index in [4.69, 9.17) is 9.47 Å². The van der Waals surface area contributed by atoms with Crippen LogP contribution in [0, 0.1) is 11.3 Å². The first-order chi connectivity index (χ1) is 9.19. The van der Waals surface area contributed by atoms with E-state index in [1.165, 1.54) is 12.8 Å². The van der Waals surface area contributed by atoms with E-state index in [0.717, 1.165) is 12.8 Å². The van der Waals surface area contributed by atoms with Crippen LogP contribution in [0.25, 0.3) is 0 Å². The van der Waals surface area contributed by atoms with Crippen LogP contribution in [0.15, 0.2) is 0 Å². The van der Waals surface area contributed by atoms with Gasteiger partial charge in [-0.15, -0.1) is 0 Å². The van der Waals surface area contributed by atoms with Crippen molar-refractivity contribution in [1.82, 2.24) is 0 Å². The van der Waals surface area contributed by atoms with Gasteiger partial charge < -0.3 is 9.47 Å². The highest BCUT2D eigenvalue weighted by atomic mass is 16.6. The molecule has 0 unspecified atom stereocenters. The molecule has 0 saturated heterocycles. The Morgan fingerprint density at radius 3 is 2.15 bits per heavy atom. The highest BCUT2D eigenvalue weighted by Crippen LogP contribution is 2.36. The fraction of sp³-hybridized carbons (Fsp3) is 0.875. The molecule has 0 atom stereocenters. The van der Waals surface area contributed by atoms with Crippen LogP contribution in [0.5, 0.6) is 0 Å². The van der Waals surface area contributed by atoms with Crippen molar-refractivity contribution in [2.75, 3.05) is 6.61 Å². The molecule has 116 valence electrons. The zero-order valence-electron chi connectivity index (χ0n) is 13.5. The number of rotatable bonds is 6. The van der Waals surface area contributed by atoms with Crippen LogP contribution in [-0.4, -0.2) is 24.1 Å². The highest BCUT2D eigenvalue weighted by Gasteiger charge is 2.35. The molecule has 0 bridgehead atoms. The van der Waals surface area contributed by atoms with Crippen LogP contribution in [0.4, 0.5) is 0 Å². The topological polar surface area (TPSA) is 52.6 Å². The normalized spacial score (nSPS) is 17.1. The van der Waals surface area contributed by atoms with Crippen LogP contribution in [0.1, 0.15) is 66.7 Å². The minimum atomic E-state index is -0.554. The molecule has 0 amide bonds. The third-order valence-corrected chi connectivity index (χ3v) is 4.47. The Balaban J connectivity index is 2.42. The Morgan fingerprint density at radius 2 is 1.65 bits per heavy atom. The number of carbonyl (C=O) groups excluding carboxylic acids is 2. The molecular formula is C16H28O4. The Kier molecular flexibility index (Phi) is 5.60. The van der Waals surface area contributed by atoms with E-state index < -0.39 is 17.0 Å².